The van der Waals surface area contributed by atoms with Crippen molar-refractivity contribution < 1.29 is 0 Å². The fourth-order valence-electron chi connectivity index (χ4n) is 3.05. The normalized spacial score (nSPS) is 37.6. The van der Waals surface area contributed by atoms with Crippen molar-refractivity contribution in [3.8, 4) is 0 Å². The topological polar surface area (TPSA) is 0 Å². The van der Waals surface area contributed by atoms with Gasteiger partial charge in [0.25, 0.3) is 0 Å². The molecule has 0 aliphatic heterocycles. The summed E-state index contributed by atoms with van der Waals surface area (Å²) in [6.07, 6.45) is 9.05. The minimum absolute atomic E-state index is 0.657. The van der Waals surface area contributed by atoms with Crippen LogP contribution in [0.1, 0.15) is 27.7 Å². The zero-order valence-corrected chi connectivity index (χ0v) is 9.62. The summed E-state index contributed by atoms with van der Waals surface area (Å²) in [5, 5.41) is 0. The molecule has 0 nitrogen and oxygen atoms in total. The lowest BCUT2D eigenvalue weighted by molar-refractivity contribution is 0.334. The van der Waals surface area contributed by atoms with Crippen molar-refractivity contribution in [2.75, 3.05) is 0 Å². The Balaban J connectivity index is 2.28. The maximum atomic E-state index is 2.40. The van der Waals surface area contributed by atoms with E-state index in [1.54, 1.807) is 11.1 Å². The summed E-state index contributed by atoms with van der Waals surface area (Å²) in [4.78, 5) is 0. The largest absolute Gasteiger partial charge is 0.0770 e. The van der Waals surface area contributed by atoms with Crippen LogP contribution in [0.2, 0.25) is 0 Å². The van der Waals surface area contributed by atoms with E-state index >= 15 is 0 Å². The van der Waals surface area contributed by atoms with E-state index in [0.717, 1.165) is 17.8 Å². The average Bonchev–Trinajstić information content (AvgIpc) is 2.73. The van der Waals surface area contributed by atoms with E-state index in [0.29, 0.717) is 5.92 Å². The van der Waals surface area contributed by atoms with Crippen LogP contribution in [0.25, 0.3) is 0 Å². The molecule has 0 radical (unpaired) electrons. The van der Waals surface area contributed by atoms with Gasteiger partial charge in [-0.25, -0.2) is 0 Å². The van der Waals surface area contributed by atoms with Gasteiger partial charge in [-0.15, -0.1) is 0 Å². The standard InChI is InChI=1S/C14H20/c1-9-10(2)12(4)14(11(9)3)13-7-5-6-8-13/h5-9,11,13-14H,1-4H3. The molecule has 0 saturated heterocycles. The lowest BCUT2D eigenvalue weighted by Crippen LogP contribution is -2.18. The number of hydrogen-bond acceptors (Lipinski definition) is 0. The minimum Gasteiger partial charge on any atom is -0.0770 e. The van der Waals surface area contributed by atoms with Crippen molar-refractivity contribution in [1.82, 2.24) is 0 Å². The number of rotatable bonds is 1. The third kappa shape index (κ3) is 1.28. The number of allylic oxidation sites excluding steroid dienone is 6. The molecule has 0 heterocycles. The van der Waals surface area contributed by atoms with Crippen molar-refractivity contribution in [2.45, 2.75) is 27.7 Å². The van der Waals surface area contributed by atoms with Crippen LogP contribution in [-0.4, -0.2) is 0 Å². The third-order valence-corrected chi connectivity index (χ3v) is 4.35. The molecular formula is C14H20. The first-order valence-corrected chi connectivity index (χ1v) is 5.65. The monoisotopic (exact) mass is 188 g/mol. The maximum absolute atomic E-state index is 2.40. The second kappa shape index (κ2) is 3.42. The summed E-state index contributed by atoms with van der Waals surface area (Å²) >= 11 is 0. The van der Waals surface area contributed by atoms with Crippen molar-refractivity contribution >= 4 is 0 Å². The molecule has 0 N–H and O–H groups in total. The molecule has 3 unspecified atom stereocenters. The van der Waals surface area contributed by atoms with E-state index in [1.807, 2.05) is 0 Å². The highest BCUT2D eigenvalue weighted by Crippen LogP contribution is 2.46. The van der Waals surface area contributed by atoms with Gasteiger partial charge in [-0.05, 0) is 31.6 Å². The van der Waals surface area contributed by atoms with Crippen LogP contribution in [0.3, 0.4) is 0 Å². The fourth-order valence-corrected chi connectivity index (χ4v) is 3.05. The first kappa shape index (κ1) is 9.76. The van der Waals surface area contributed by atoms with Crippen LogP contribution >= 0.6 is 0 Å². The van der Waals surface area contributed by atoms with Crippen molar-refractivity contribution in [1.29, 1.82) is 0 Å². The van der Waals surface area contributed by atoms with Gasteiger partial charge in [-0.3, -0.25) is 0 Å². The lowest BCUT2D eigenvalue weighted by atomic mass is 9.80. The van der Waals surface area contributed by atoms with Crippen LogP contribution in [0, 0.1) is 23.7 Å². The first-order chi connectivity index (χ1) is 6.63. The van der Waals surface area contributed by atoms with E-state index in [2.05, 4.69) is 52.0 Å². The Labute approximate surface area is 87.4 Å². The fraction of sp³-hybridized carbons (Fsp3) is 0.571. The Morgan fingerprint density at radius 1 is 0.929 bits per heavy atom. The zero-order chi connectivity index (χ0) is 10.3. The molecule has 0 saturated carbocycles. The van der Waals surface area contributed by atoms with Crippen molar-refractivity contribution in [2.24, 2.45) is 23.7 Å². The molecule has 2 aliphatic carbocycles. The average molecular weight is 188 g/mol. The van der Waals surface area contributed by atoms with Gasteiger partial charge in [0.15, 0.2) is 0 Å². The summed E-state index contributed by atoms with van der Waals surface area (Å²) in [5.41, 5.74) is 3.25. The number of hydrogen-bond donors (Lipinski definition) is 0. The summed E-state index contributed by atoms with van der Waals surface area (Å²) in [6, 6.07) is 0. The van der Waals surface area contributed by atoms with E-state index in [-0.39, 0.29) is 0 Å². The highest BCUT2D eigenvalue weighted by atomic mass is 14.4. The van der Waals surface area contributed by atoms with E-state index in [9.17, 15) is 0 Å². The Bertz CT molecular complexity index is 305. The summed E-state index contributed by atoms with van der Waals surface area (Å²) in [6.45, 7) is 9.39. The van der Waals surface area contributed by atoms with Gasteiger partial charge in [0, 0.05) is 5.92 Å². The molecule has 0 spiro atoms. The molecule has 2 aliphatic rings. The van der Waals surface area contributed by atoms with Gasteiger partial charge in [0.1, 0.15) is 0 Å². The summed E-state index contributed by atoms with van der Waals surface area (Å²) < 4.78 is 0. The van der Waals surface area contributed by atoms with Gasteiger partial charge in [0.2, 0.25) is 0 Å². The molecule has 0 fully saturated rings. The molecule has 0 amide bonds. The highest BCUT2D eigenvalue weighted by molar-refractivity contribution is 5.30. The Morgan fingerprint density at radius 3 is 1.93 bits per heavy atom. The van der Waals surface area contributed by atoms with Gasteiger partial charge in [-0.1, -0.05) is 49.3 Å². The van der Waals surface area contributed by atoms with Gasteiger partial charge < -0.3 is 0 Å². The molecular weight excluding hydrogens is 168 g/mol. The molecule has 0 heteroatoms. The predicted octanol–water partition coefficient (Wildman–Crippen LogP) is 3.97. The Kier molecular flexibility index (Phi) is 2.38. The maximum Gasteiger partial charge on any atom is 0.00210 e. The SMILES string of the molecule is CC1=C(C)C(C2C=CC=C2)C(C)C1C. The predicted molar refractivity (Wildman–Crippen MR) is 62.0 cm³/mol. The molecule has 0 aromatic carbocycles. The molecule has 14 heavy (non-hydrogen) atoms. The van der Waals surface area contributed by atoms with Gasteiger partial charge in [0.05, 0.1) is 0 Å². The van der Waals surface area contributed by atoms with E-state index in [1.165, 1.54) is 0 Å². The van der Waals surface area contributed by atoms with Gasteiger partial charge >= 0.3 is 0 Å². The molecule has 3 atom stereocenters. The quantitative estimate of drug-likeness (QED) is 0.546. The van der Waals surface area contributed by atoms with Crippen LogP contribution in [0.4, 0.5) is 0 Å². The summed E-state index contributed by atoms with van der Waals surface area (Å²) in [7, 11) is 0. The molecule has 0 bridgehead atoms. The van der Waals surface area contributed by atoms with Crippen LogP contribution in [0.5, 0.6) is 0 Å². The second-order valence-electron chi connectivity index (χ2n) is 4.89. The van der Waals surface area contributed by atoms with E-state index < -0.39 is 0 Å². The molecule has 0 aromatic heterocycles. The lowest BCUT2D eigenvalue weighted by Gasteiger charge is -2.24. The third-order valence-electron chi connectivity index (χ3n) is 4.35. The second-order valence-corrected chi connectivity index (χ2v) is 4.89. The van der Waals surface area contributed by atoms with Crippen LogP contribution in [0.15, 0.2) is 35.5 Å². The molecule has 2 rings (SSSR count). The van der Waals surface area contributed by atoms with Crippen molar-refractivity contribution in [3.05, 3.63) is 35.5 Å². The minimum atomic E-state index is 0.657. The first-order valence-electron chi connectivity index (χ1n) is 5.65. The Morgan fingerprint density at radius 2 is 1.50 bits per heavy atom. The van der Waals surface area contributed by atoms with E-state index in [4.69, 9.17) is 0 Å². The Hall–Kier alpha value is -0.780. The van der Waals surface area contributed by atoms with Gasteiger partial charge in [-0.2, -0.15) is 0 Å². The van der Waals surface area contributed by atoms with Crippen LogP contribution in [-0.2, 0) is 0 Å². The highest BCUT2D eigenvalue weighted by Gasteiger charge is 2.36. The smallest absolute Gasteiger partial charge is 0.00210 e. The zero-order valence-electron chi connectivity index (χ0n) is 9.62. The summed E-state index contributed by atoms with van der Waals surface area (Å²) in [5.74, 6) is 2.97. The van der Waals surface area contributed by atoms with Crippen LogP contribution < -0.4 is 0 Å². The molecule has 0 aromatic rings. The molecule has 76 valence electrons. The van der Waals surface area contributed by atoms with Crippen molar-refractivity contribution in [3.63, 3.8) is 0 Å².